The van der Waals surface area contributed by atoms with Crippen molar-refractivity contribution >= 4 is 14.7 Å². The van der Waals surface area contributed by atoms with Gasteiger partial charge in [-0.2, -0.15) is 27.8 Å². The van der Waals surface area contributed by atoms with E-state index in [-0.39, 0.29) is 68.5 Å². The Hall–Kier alpha value is 0.371. The predicted octanol–water partition coefficient (Wildman–Crippen LogP) is -5.71. The van der Waals surface area contributed by atoms with Crippen LogP contribution in [0.1, 0.15) is 41.2 Å². The van der Waals surface area contributed by atoms with Crippen molar-refractivity contribution < 1.29 is 58.9 Å². The molecule has 0 amide bonds. The summed E-state index contributed by atoms with van der Waals surface area (Å²) in [7, 11) is -0.172. The van der Waals surface area contributed by atoms with Crippen LogP contribution in [0.3, 0.4) is 0 Å². The fourth-order valence-electron chi connectivity index (χ4n) is 3.03. The van der Waals surface area contributed by atoms with E-state index in [2.05, 4.69) is 58.0 Å². The molecule has 0 radical (unpaired) electrons. The van der Waals surface area contributed by atoms with Gasteiger partial charge in [-0.15, -0.1) is 0 Å². The second-order valence-electron chi connectivity index (χ2n) is 5.57. The molecule has 0 saturated carbocycles. The Labute approximate surface area is 177 Å². The Morgan fingerprint density at radius 1 is 0.913 bits per heavy atom. The summed E-state index contributed by atoms with van der Waals surface area (Å²) in [6, 6.07) is 12.4. The van der Waals surface area contributed by atoms with Crippen LogP contribution in [0.15, 0.2) is 30.3 Å². The molecule has 0 atom stereocenters. The summed E-state index contributed by atoms with van der Waals surface area (Å²) >= 11 is 0. The average Bonchev–Trinajstić information content (AvgIpc) is 2.63. The molecule has 0 aromatic heterocycles. The van der Waals surface area contributed by atoms with E-state index in [1.165, 1.54) is 24.4 Å². The Kier molecular flexibility index (Phi) is 16.7. The number of rotatable bonds is 5. The van der Waals surface area contributed by atoms with Crippen LogP contribution in [0.4, 0.5) is 0 Å². The summed E-state index contributed by atoms with van der Waals surface area (Å²) in [5.74, 6) is 0. The fourth-order valence-corrected chi connectivity index (χ4v) is 4.85. The normalized spacial score (nSPS) is 9.57. The maximum absolute atomic E-state index is 2.32. The van der Waals surface area contributed by atoms with Gasteiger partial charge in [-0.25, -0.2) is 0 Å². The van der Waals surface area contributed by atoms with Gasteiger partial charge in [0, 0.05) is 9.52 Å². The summed E-state index contributed by atoms with van der Waals surface area (Å²) < 4.78 is 0. The predicted molar refractivity (Wildman–Crippen MR) is 88.6 cm³/mol. The minimum atomic E-state index is -0.172. The molecule has 0 heterocycles. The monoisotopic (exact) mass is 422 g/mol. The van der Waals surface area contributed by atoms with Crippen LogP contribution in [0.2, 0.25) is 0 Å². The first-order valence-corrected chi connectivity index (χ1v) is 9.14. The SMILES string of the molecule is CCCc1c(C)c(C)c(C)[c-]1C[SiH2]c1ccccc1.[Cl-].[Cl-].[Cl-].[Ti+4]. The molecule has 2 rings (SSSR count). The quantitative estimate of drug-likeness (QED) is 0.332. The molecular formula is C18H25Cl3SiTi. The summed E-state index contributed by atoms with van der Waals surface area (Å²) in [5, 5.41) is 1.58. The Morgan fingerprint density at radius 3 is 2.00 bits per heavy atom. The molecule has 0 aliphatic rings. The van der Waals surface area contributed by atoms with Crippen LogP contribution in [-0.4, -0.2) is 9.52 Å². The van der Waals surface area contributed by atoms with Gasteiger partial charge in [-0.1, -0.05) is 82.1 Å². The van der Waals surface area contributed by atoms with Crippen molar-refractivity contribution in [3.63, 3.8) is 0 Å². The topological polar surface area (TPSA) is 0 Å². The van der Waals surface area contributed by atoms with Gasteiger partial charge in [0.05, 0.1) is 0 Å². The maximum Gasteiger partial charge on any atom is 4.00 e. The van der Waals surface area contributed by atoms with E-state index in [4.69, 9.17) is 0 Å². The third-order valence-electron chi connectivity index (χ3n) is 4.40. The van der Waals surface area contributed by atoms with E-state index in [1.807, 2.05) is 0 Å². The molecule has 0 N–H and O–H groups in total. The van der Waals surface area contributed by atoms with Gasteiger partial charge in [-0.3, -0.25) is 0 Å². The van der Waals surface area contributed by atoms with Gasteiger partial charge in [0.25, 0.3) is 0 Å². The van der Waals surface area contributed by atoms with Crippen molar-refractivity contribution in [2.75, 3.05) is 0 Å². The zero-order valence-corrected chi connectivity index (χ0v) is 19.6. The molecule has 5 heteroatoms. The number of halogens is 3. The molecule has 0 fully saturated rings. The van der Waals surface area contributed by atoms with E-state index in [0.717, 1.165) is 0 Å². The molecule has 2 aromatic carbocycles. The summed E-state index contributed by atoms with van der Waals surface area (Å²) in [5.41, 5.74) is 7.97. The van der Waals surface area contributed by atoms with Crippen LogP contribution in [0, 0.1) is 20.8 Å². The molecule has 2 aromatic rings. The summed E-state index contributed by atoms with van der Waals surface area (Å²) in [4.78, 5) is 0. The number of benzene rings is 1. The van der Waals surface area contributed by atoms with Gasteiger partial charge >= 0.3 is 21.7 Å². The van der Waals surface area contributed by atoms with Gasteiger partial charge in [0.15, 0.2) is 0 Å². The minimum absolute atomic E-state index is 0. The van der Waals surface area contributed by atoms with Gasteiger partial charge in [0.1, 0.15) is 0 Å². The zero-order chi connectivity index (χ0) is 13.8. The molecule has 0 bridgehead atoms. The zero-order valence-electron chi connectivity index (χ0n) is 14.3. The minimum Gasteiger partial charge on any atom is -1.00 e. The standard InChI is InChI=1S/C18H25Si.3ClH.Ti/c1-5-9-17-14(3)13(2)15(4)18(17)12-19-16-10-7-6-8-11-16;;;;/h6-8,10-11H,5,9,12,19H2,1-4H3;3*1H;/q-1;;;;+4/p-3. The Balaban J connectivity index is -0.000001000. The Morgan fingerprint density at radius 2 is 1.48 bits per heavy atom. The summed E-state index contributed by atoms with van der Waals surface area (Å²) in [6.45, 7) is 9.20. The first kappa shape index (κ1) is 28.2. The molecular weight excluding hydrogens is 399 g/mol. The van der Waals surface area contributed by atoms with Crippen LogP contribution < -0.4 is 42.4 Å². The van der Waals surface area contributed by atoms with Crippen LogP contribution >= 0.6 is 0 Å². The third-order valence-corrected chi connectivity index (χ3v) is 6.20. The molecule has 0 spiro atoms. The van der Waals surface area contributed by atoms with E-state index >= 15 is 0 Å². The summed E-state index contributed by atoms with van der Waals surface area (Å²) in [6.07, 6.45) is 2.50. The first-order valence-electron chi connectivity index (χ1n) is 7.43. The van der Waals surface area contributed by atoms with Crippen molar-refractivity contribution in [1.82, 2.24) is 0 Å². The Bertz CT molecular complexity index is 553. The van der Waals surface area contributed by atoms with Crippen molar-refractivity contribution in [3.8, 4) is 0 Å². The largest absolute Gasteiger partial charge is 4.00 e. The number of hydrogen-bond donors (Lipinski definition) is 0. The molecule has 23 heavy (non-hydrogen) atoms. The first-order chi connectivity index (χ1) is 9.15. The maximum atomic E-state index is 2.32. The van der Waals surface area contributed by atoms with Crippen molar-refractivity contribution in [2.45, 2.75) is 46.6 Å². The smallest absolute Gasteiger partial charge is 1.00 e. The van der Waals surface area contributed by atoms with Gasteiger partial charge in [-0.05, 0) is 0 Å². The molecule has 0 nitrogen and oxygen atoms in total. The van der Waals surface area contributed by atoms with Crippen molar-refractivity contribution in [1.29, 1.82) is 0 Å². The number of hydrogen-bond acceptors (Lipinski definition) is 0. The molecule has 0 saturated heterocycles. The second-order valence-corrected chi connectivity index (χ2v) is 7.38. The van der Waals surface area contributed by atoms with E-state index in [0.29, 0.717) is 0 Å². The van der Waals surface area contributed by atoms with Gasteiger partial charge in [0.2, 0.25) is 0 Å². The molecule has 0 aliphatic heterocycles. The van der Waals surface area contributed by atoms with Crippen molar-refractivity contribution in [2.24, 2.45) is 0 Å². The van der Waals surface area contributed by atoms with Crippen LogP contribution in [0.25, 0.3) is 0 Å². The van der Waals surface area contributed by atoms with Crippen LogP contribution in [-0.2, 0) is 34.2 Å². The molecule has 126 valence electrons. The molecule has 0 unspecified atom stereocenters. The third kappa shape index (κ3) is 7.02. The average molecular weight is 424 g/mol. The van der Waals surface area contributed by atoms with Gasteiger partial charge < -0.3 is 37.2 Å². The van der Waals surface area contributed by atoms with Crippen LogP contribution in [0.5, 0.6) is 0 Å². The van der Waals surface area contributed by atoms with Crippen molar-refractivity contribution in [3.05, 3.63) is 58.1 Å². The van der Waals surface area contributed by atoms with E-state index < -0.39 is 0 Å². The van der Waals surface area contributed by atoms with E-state index in [9.17, 15) is 0 Å². The fraction of sp³-hybridized carbons (Fsp3) is 0.389. The van der Waals surface area contributed by atoms with E-state index in [1.54, 1.807) is 27.4 Å². The second kappa shape index (κ2) is 13.6. The molecule has 0 aliphatic carbocycles.